The Kier molecular flexibility index (Phi) is 6.62. The van der Waals surface area contributed by atoms with Gasteiger partial charge >= 0.3 is 0 Å². The van der Waals surface area contributed by atoms with E-state index >= 15 is 0 Å². The van der Waals surface area contributed by atoms with Crippen LogP contribution in [0.5, 0.6) is 0 Å². The molecular formula is C26H38N2O. The first kappa shape index (κ1) is 20.5. The molecule has 1 N–H and O–H groups in total. The lowest BCUT2D eigenvalue weighted by molar-refractivity contribution is -0.132. The van der Waals surface area contributed by atoms with Crippen LogP contribution in [0.1, 0.15) is 102 Å². The Bertz CT molecular complexity index is 823. The van der Waals surface area contributed by atoms with Gasteiger partial charge in [-0.2, -0.15) is 0 Å². The molecule has 0 spiro atoms. The van der Waals surface area contributed by atoms with Crippen molar-refractivity contribution in [3.8, 4) is 0 Å². The molecule has 1 amide bonds. The number of hydrogen-bond acceptors (Lipinski definition) is 1. The highest BCUT2D eigenvalue weighted by Crippen LogP contribution is 2.48. The normalized spacial score (nSPS) is 21.0. The molecule has 0 aliphatic carbocycles. The van der Waals surface area contributed by atoms with Crippen molar-refractivity contribution in [1.29, 1.82) is 0 Å². The van der Waals surface area contributed by atoms with Crippen LogP contribution in [0.25, 0.3) is 10.9 Å². The molecule has 1 saturated heterocycles. The fraction of sp³-hybridized carbons (Fsp3) is 0.654. The summed E-state index contributed by atoms with van der Waals surface area (Å²) in [7, 11) is 0. The maximum Gasteiger partial charge on any atom is 0.223 e. The summed E-state index contributed by atoms with van der Waals surface area (Å²) in [6.45, 7) is 3.18. The van der Waals surface area contributed by atoms with E-state index in [1.165, 1.54) is 86.4 Å². The number of hydrogen-bond donors (Lipinski definition) is 1. The second-order valence-electron chi connectivity index (χ2n) is 9.28. The first-order valence-electron chi connectivity index (χ1n) is 12.2. The van der Waals surface area contributed by atoms with Gasteiger partial charge in [0.05, 0.1) is 5.54 Å². The molecule has 3 heteroatoms. The SMILES string of the molecule is CCCCCCCCCCCC[C@]12CCC(=O)N1CCc1c2[nH]c2ccccc12. The van der Waals surface area contributed by atoms with Crippen molar-refractivity contribution in [1.82, 2.24) is 9.88 Å². The quantitative estimate of drug-likeness (QED) is 0.416. The molecule has 158 valence electrons. The highest BCUT2D eigenvalue weighted by molar-refractivity contribution is 5.87. The van der Waals surface area contributed by atoms with Crippen LogP contribution in [0.2, 0.25) is 0 Å². The van der Waals surface area contributed by atoms with Gasteiger partial charge in [-0.15, -0.1) is 0 Å². The van der Waals surface area contributed by atoms with E-state index in [0.29, 0.717) is 12.3 Å². The lowest BCUT2D eigenvalue weighted by Crippen LogP contribution is -2.48. The van der Waals surface area contributed by atoms with Crippen molar-refractivity contribution in [3.05, 3.63) is 35.5 Å². The first-order chi connectivity index (χ1) is 14.3. The lowest BCUT2D eigenvalue weighted by atomic mass is 9.80. The molecule has 0 saturated carbocycles. The van der Waals surface area contributed by atoms with Gasteiger partial charge in [-0.3, -0.25) is 4.79 Å². The second-order valence-corrected chi connectivity index (χ2v) is 9.28. The number of carbonyl (C=O) groups excluding carboxylic acids is 1. The zero-order valence-electron chi connectivity index (χ0n) is 18.3. The van der Waals surface area contributed by atoms with Gasteiger partial charge < -0.3 is 9.88 Å². The van der Waals surface area contributed by atoms with Crippen LogP contribution in [0.15, 0.2) is 24.3 Å². The molecule has 29 heavy (non-hydrogen) atoms. The van der Waals surface area contributed by atoms with Gasteiger partial charge in [-0.25, -0.2) is 0 Å². The largest absolute Gasteiger partial charge is 0.356 e. The fourth-order valence-corrected chi connectivity index (χ4v) is 5.79. The summed E-state index contributed by atoms with van der Waals surface area (Å²) in [5.74, 6) is 0.362. The number of nitrogens with zero attached hydrogens (tertiary/aromatic N) is 1. The predicted molar refractivity (Wildman–Crippen MR) is 121 cm³/mol. The number of aromatic amines is 1. The Morgan fingerprint density at radius 3 is 2.38 bits per heavy atom. The summed E-state index contributed by atoms with van der Waals surface area (Å²) >= 11 is 0. The van der Waals surface area contributed by atoms with Crippen LogP contribution in [0.3, 0.4) is 0 Å². The number of carbonyl (C=O) groups is 1. The van der Waals surface area contributed by atoms with Gasteiger partial charge in [-0.1, -0.05) is 89.3 Å². The Balaban J connectivity index is 1.35. The average Bonchev–Trinajstić information content (AvgIpc) is 3.28. The summed E-state index contributed by atoms with van der Waals surface area (Å²) in [6.07, 6.45) is 17.4. The number of H-pyrrole nitrogens is 1. The Morgan fingerprint density at radius 1 is 0.931 bits per heavy atom. The van der Waals surface area contributed by atoms with Crippen molar-refractivity contribution in [2.45, 2.75) is 102 Å². The van der Waals surface area contributed by atoms with Crippen LogP contribution in [0, 0.1) is 0 Å². The molecule has 3 heterocycles. The topological polar surface area (TPSA) is 36.1 Å². The fourth-order valence-electron chi connectivity index (χ4n) is 5.79. The number of aromatic nitrogens is 1. The van der Waals surface area contributed by atoms with Crippen molar-refractivity contribution in [2.24, 2.45) is 0 Å². The maximum absolute atomic E-state index is 12.6. The highest BCUT2D eigenvalue weighted by Gasteiger charge is 2.50. The van der Waals surface area contributed by atoms with E-state index in [-0.39, 0.29) is 5.54 Å². The van der Waals surface area contributed by atoms with Crippen molar-refractivity contribution >= 4 is 16.8 Å². The molecule has 0 radical (unpaired) electrons. The third-order valence-electron chi connectivity index (χ3n) is 7.38. The van der Waals surface area contributed by atoms with E-state index in [0.717, 1.165) is 25.8 Å². The van der Waals surface area contributed by atoms with Crippen LogP contribution < -0.4 is 0 Å². The van der Waals surface area contributed by atoms with Crippen LogP contribution in [0.4, 0.5) is 0 Å². The van der Waals surface area contributed by atoms with E-state index in [9.17, 15) is 4.79 Å². The monoisotopic (exact) mass is 394 g/mol. The molecule has 2 aliphatic rings. The van der Waals surface area contributed by atoms with Crippen molar-refractivity contribution < 1.29 is 4.79 Å². The van der Waals surface area contributed by atoms with E-state index in [1.807, 2.05) is 0 Å². The molecule has 2 aliphatic heterocycles. The van der Waals surface area contributed by atoms with Gasteiger partial charge in [0.2, 0.25) is 5.91 Å². The molecule has 1 atom stereocenters. The number of amides is 1. The maximum atomic E-state index is 12.6. The molecule has 3 nitrogen and oxygen atoms in total. The lowest BCUT2D eigenvalue weighted by Gasteiger charge is -2.42. The van der Waals surface area contributed by atoms with Gasteiger partial charge in [0.15, 0.2) is 0 Å². The van der Waals surface area contributed by atoms with E-state index < -0.39 is 0 Å². The molecule has 1 fully saturated rings. The summed E-state index contributed by atoms with van der Waals surface area (Å²) < 4.78 is 0. The standard InChI is InChI=1S/C26H38N2O/c1-2-3-4-5-6-7-8-9-10-13-18-26-19-16-24(29)28(26)20-17-22-21-14-11-12-15-23(21)27-25(22)26/h11-12,14-15,27H,2-10,13,16-20H2,1H3/t26-/m1/s1. The minimum absolute atomic E-state index is 0.0656. The van der Waals surface area contributed by atoms with Crippen LogP contribution >= 0.6 is 0 Å². The summed E-state index contributed by atoms with van der Waals surface area (Å²) in [5, 5.41) is 1.36. The van der Waals surface area contributed by atoms with E-state index in [4.69, 9.17) is 0 Å². The summed E-state index contributed by atoms with van der Waals surface area (Å²) in [6, 6.07) is 8.67. The number of para-hydroxylation sites is 1. The molecular weight excluding hydrogens is 356 g/mol. The first-order valence-corrected chi connectivity index (χ1v) is 12.2. The third kappa shape index (κ3) is 4.11. The Hall–Kier alpha value is -1.77. The number of benzene rings is 1. The summed E-state index contributed by atoms with van der Waals surface area (Å²) in [5.41, 5.74) is 4.00. The third-order valence-corrected chi connectivity index (χ3v) is 7.38. The summed E-state index contributed by atoms with van der Waals surface area (Å²) in [4.78, 5) is 18.6. The van der Waals surface area contributed by atoms with Gasteiger partial charge in [-0.05, 0) is 30.9 Å². The van der Waals surface area contributed by atoms with Gasteiger partial charge in [0.1, 0.15) is 0 Å². The average molecular weight is 395 g/mol. The molecule has 0 unspecified atom stereocenters. The van der Waals surface area contributed by atoms with E-state index in [1.54, 1.807) is 0 Å². The van der Waals surface area contributed by atoms with E-state index in [2.05, 4.69) is 41.1 Å². The van der Waals surface area contributed by atoms with Gasteiger partial charge in [0, 0.05) is 29.6 Å². The van der Waals surface area contributed by atoms with Crippen LogP contribution in [-0.4, -0.2) is 22.3 Å². The van der Waals surface area contributed by atoms with Crippen molar-refractivity contribution in [3.63, 3.8) is 0 Å². The molecule has 2 aromatic rings. The van der Waals surface area contributed by atoms with Crippen molar-refractivity contribution in [2.75, 3.05) is 6.54 Å². The molecule has 1 aromatic heterocycles. The zero-order valence-corrected chi connectivity index (χ0v) is 18.3. The molecule has 1 aromatic carbocycles. The zero-order chi connectivity index (χ0) is 20.1. The Labute approximate surface area is 176 Å². The second kappa shape index (κ2) is 9.36. The smallest absolute Gasteiger partial charge is 0.223 e. The van der Waals surface area contributed by atoms with Gasteiger partial charge in [0.25, 0.3) is 0 Å². The highest BCUT2D eigenvalue weighted by atomic mass is 16.2. The molecule has 0 bridgehead atoms. The number of nitrogens with one attached hydrogen (secondary N) is 1. The molecule has 4 rings (SSSR count). The number of unbranched alkanes of at least 4 members (excludes halogenated alkanes) is 9. The predicted octanol–water partition coefficient (Wildman–Crippen LogP) is 6.85. The minimum Gasteiger partial charge on any atom is -0.356 e. The minimum atomic E-state index is -0.0656. The van der Waals surface area contributed by atoms with Crippen LogP contribution in [-0.2, 0) is 16.8 Å². The Morgan fingerprint density at radius 2 is 1.62 bits per heavy atom. The number of rotatable bonds is 11. The number of fused-ring (bicyclic) bond motifs is 5.